The van der Waals surface area contributed by atoms with Gasteiger partial charge in [-0.1, -0.05) is 33.3 Å². The molecule has 228 valence electrons. The highest BCUT2D eigenvalue weighted by Gasteiger charge is 2.28. The molecule has 1 fully saturated rings. The van der Waals surface area contributed by atoms with Gasteiger partial charge in [-0.15, -0.1) is 11.3 Å². The number of hydrogen-bond donors (Lipinski definition) is 3. The Kier molecular flexibility index (Phi) is 10.4. The van der Waals surface area contributed by atoms with E-state index < -0.39 is 24.5 Å². The fraction of sp³-hybridized carbons (Fsp3) is 0.548. The van der Waals surface area contributed by atoms with Crippen molar-refractivity contribution < 1.29 is 19.4 Å². The van der Waals surface area contributed by atoms with Crippen LogP contribution >= 0.6 is 11.3 Å². The van der Waals surface area contributed by atoms with Crippen molar-refractivity contribution in [1.29, 1.82) is 0 Å². The van der Waals surface area contributed by atoms with Crippen LogP contribution in [-0.4, -0.2) is 69.4 Å². The summed E-state index contributed by atoms with van der Waals surface area (Å²) in [4.78, 5) is 37.6. The molecule has 0 saturated carbocycles. The molecule has 3 aromatic rings. The monoisotopic (exact) mass is 596 g/mol. The number of aliphatic hydroxyl groups excluding tert-OH is 1. The van der Waals surface area contributed by atoms with Crippen LogP contribution in [0.3, 0.4) is 0 Å². The molecule has 0 aromatic carbocycles. The summed E-state index contributed by atoms with van der Waals surface area (Å²) in [6.45, 7) is 13.8. The molecule has 10 nitrogen and oxygen atoms in total. The van der Waals surface area contributed by atoms with Crippen LogP contribution in [0.2, 0.25) is 0 Å². The number of pyridine rings is 1. The topological polar surface area (TPSA) is 122 Å². The standard InChI is InChI=1S/C31H44N6O4S/c1-7-20(3)14-31(6,8-2)37-13-12-23(17-37)28(39)33-25(18-38)29(40)35-30-34-26(19-42-30)24-10-9-11-27(32-24)36-15-21(4)41-22(5)16-36/h9-13,17,19-22,25,38H,7-8,14-16,18H2,1-6H3,(H,33,39)(H,34,35,40). The van der Waals surface area contributed by atoms with Gasteiger partial charge in [0.15, 0.2) is 5.13 Å². The first-order valence-corrected chi connectivity index (χ1v) is 15.7. The molecule has 4 heterocycles. The Hall–Kier alpha value is -3.28. The molecule has 3 aromatic heterocycles. The smallest absolute Gasteiger partial charge is 0.253 e. The van der Waals surface area contributed by atoms with E-state index in [0.717, 1.165) is 38.2 Å². The largest absolute Gasteiger partial charge is 0.394 e. The lowest BCUT2D eigenvalue weighted by atomic mass is 9.86. The number of ether oxygens (including phenoxy) is 1. The van der Waals surface area contributed by atoms with Gasteiger partial charge in [-0.2, -0.15) is 0 Å². The molecule has 4 rings (SSSR count). The van der Waals surface area contributed by atoms with Gasteiger partial charge in [0.25, 0.3) is 11.8 Å². The molecule has 5 atom stereocenters. The third kappa shape index (κ3) is 7.56. The number of aromatic nitrogens is 3. The molecule has 0 spiro atoms. The van der Waals surface area contributed by atoms with Gasteiger partial charge < -0.3 is 29.9 Å². The normalized spacial score (nSPS) is 20.0. The van der Waals surface area contributed by atoms with Crippen molar-refractivity contribution in [2.75, 3.05) is 29.9 Å². The van der Waals surface area contributed by atoms with Crippen LogP contribution in [0.15, 0.2) is 42.0 Å². The molecule has 11 heteroatoms. The minimum Gasteiger partial charge on any atom is -0.394 e. The van der Waals surface area contributed by atoms with Crippen LogP contribution in [0.5, 0.6) is 0 Å². The van der Waals surface area contributed by atoms with Crippen molar-refractivity contribution in [2.24, 2.45) is 5.92 Å². The Balaban J connectivity index is 1.39. The number of rotatable bonds is 12. The van der Waals surface area contributed by atoms with E-state index in [2.05, 4.69) is 66.6 Å². The van der Waals surface area contributed by atoms with Gasteiger partial charge in [0.2, 0.25) is 0 Å². The summed E-state index contributed by atoms with van der Waals surface area (Å²) in [5, 5.41) is 17.5. The van der Waals surface area contributed by atoms with E-state index in [4.69, 9.17) is 9.72 Å². The van der Waals surface area contributed by atoms with E-state index in [1.165, 1.54) is 11.3 Å². The average molecular weight is 597 g/mol. The first-order chi connectivity index (χ1) is 20.0. The summed E-state index contributed by atoms with van der Waals surface area (Å²) in [5.74, 6) is 0.446. The molecule has 0 radical (unpaired) electrons. The van der Waals surface area contributed by atoms with Crippen LogP contribution in [-0.2, 0) is 15.1 Å². The van der Waals surface area contributed by atoms with E-state index >= 15 is 0 Å². The summed E-state index contributed by atoms with van der Waals surface area (Å²) in [6.07, 6.45) is 6.98. The van der Waals surface area contributed by atoms with Crippen LogP contribution in [0, 0.1) is 5.92 Å². The first-order valence-electron chi connectivity index (χ1n) is 14.8. The second-order valence-corrected chi connectivity index (χ2v) is 12.5. The number of carbonyl (C=O) groups excluding carboxylic acids is 2. The fourth-order valence-corrected chi connectivity index (χ4v) is 6.09. The highest BCUT2D eigenvalue weighted by molar-refractivity contribution is 7.14. The summed E-state index contributed by atoms with van der Waals surface area (Å²) in [7, 11) is 0. The highest BCUT2D eigenvalue weighted by atomic mass is 32.1. The van der Waals surface area contributed by atoms with Crippen LogP contribution in [0.4, 0.5) is 10.9 Å². The first kappa shape index (κ1) is 31.7. The fourth-order valence-electron chi connectivity index (χ4n) is 5.38. The Labute approximate surface area is 252 Å². The SMILES string of the molecule is CCC(C)CC(C)(CC)n1ccc(C(=O)NC(CO)C(=O)Nc2nc(-c3cccc(N4CC(C)OC(C)C4)n3)cs2)c1. The van der Waals surface area contributed by atoms with Gasteiger partial charge in [0, 0.05) is 36.4 Å². The van der Waals surface area contributed by atoms with Crippen LogP contribution < -0.4 is 15.5 Å². The summed E-state index contributed by atoms with van der Waals surface area (Å²) < 4.78 is 7.93. The predicted octanol–water partition coefficient (Wildman–Crippen LogP) is 4.91. The van der Waals surface area contributed by atoms with E-state index in [9.17, 15) is 14.7 Å². The maximum absolute atomic E-state index is 13.0. The predicted molar refractivity (Wildman–Crippen MR) is 167 cm³/mol. The van der Waals surface area contributed by atoms with E-state index in [1.807, 2.05) is 36.0 Å². The molecule has 5 unspecified atom stereocenters. The molecule has 2 amide bonds. The second kappa shape index (κ2) is 13.8. The van der Waals surface area contributed by atoms with Gasteiger partial charge in [0.1, 0.15) is 17.6 Å². The number of carbonyl (C=O) groups is 2. The Morgan fingerprint density at radius 2 is 1.90 bits per heavy atom. The number of aliphatic hydroxyl groups is 1. The number of hydrogen-bond acceptors (Lipinski definition) is 8. The maximum Gasteiger partial charge on any atom is 0.253 e. The molecule has 1 saturated heterocycles. The van der Waals surface area contributed by atoms with Crippen molar-refractivity contribution in [3.8, 4) is 11.4 Å². The lowest BCUT2D eigenvalue weighted by Gasteiger charge is -2.36. The molecular formula is C31H44N6O4S. The van der Waals surface area contributed by atoms with Gasteiger partial charge in [-0.05, 0) is 57.7 Å². The molecule has 1 aliphatic rings. The quantitative estimate of drug-likeness (QED) is 0.272. The zero-order valence-corrected chi connectivity index (χ0v) is 26.3. The minimum absolute atomic E-state index is 0.113. The average Bonchev–Trinajstić information content (AvgIpc) is 3.66. The van der Waals surface area contributed by atoms with Gasteiger partial charge in [-0.25, -0.2) is 9.97 Å². The zero-order valence-electron chi connectivity index (χ0n) is 25.5. The van der Waals surface area contributed by atoms with Crippen LogP contribution in [0.1, 0.15) is 71.2 Å². The van der Waals surface area contributed by atoms with Crippen molar-refractivity contribution in [3.63, 3.8) is 0 Å². The summed E-state index contributed by atoms with van der Waals surface area (Å²) in [5.41, 5.74) is 1.66. The molecule has 0 bridgehead atoms. The summed E-state index contributed by atoms with van der Waals surface area (Å²) >= 11 is 1.26. The molecule has 0 aliphatic carbocycles. The molecule has 42 heavy (non-hydrogen) atoms. The Bertz CT molecular complexity index is 1350. The lowest BCUT2D eigenvalue weighted by Crippen LogP contribution is -2.46. The van der Waals surface area contributed by atoms with E-state index in [1.54, 1.807) is 6.07 Å². The third-order valence-corrected chi connectivity index (χ3v) is 8.86. The Morgan fingerprint density at radius 1 is 1.17 bits per heavy atom. The molecular weight excluding hydrogens is 552 g/mol. The van der Waals surface area contributed by atoms with Crippen molar-refractivity contribution in [3.05, 3.63) is 47.6 Å². The van der Waals surface area contributed by atoms with E-state index in [0.29, 0.717) is 28.0 Å². The highest BCUT2D eigenvalue weighted by Crippen LogP contribution is 2.31. The van der Waals surface area contributed by atoms with Gasteiger partial charge >= 0.3 is 0 Å². The molecule has 1 aliphatic heterocycles. The maximum atomic E-state index is 13.0. The number of nitrogens with one attached hydrogen (secondary N) is 2. The number of amides is 2. The number of thiazole rings is 1. The van der Waals surface area contributed by atoms with Crippen molar-refractivity contribution >= 4 is 34.1 Å². The van der Waals surface area contributed by atoms with Gasteiger partial charge in [-0.3, -0.25) is 9.59 Å². The number of nitrogens with zero attached hydrogens (tertiary/aromatic N) is 4. The van der Waals surface area contributed by atoms with Gasteiger partial charge in [0.05, 0.1) is 30.1 Å². The number of morpholine rings is 1. The zero-order chi connectivity index (χ0) is 30.4. The van der Waals surface area contributed by atoms with Crippen molar-refractivity contribution in [1.82, 2.24) is 19.9 Å². The Morgan fingerprint density at radius 3 is 2.57 bits per heavy atom. The molecule has 3 N–H and O–H groups in total. The summed E-state index contributed by atoms with van der Waals surface area (Å²) in [6, 6.07) is 6.42. The third-order valence-electron chi connectivity index (χ3n) is 8.10. The lowest BCUT2D eigenvalue weighted by molar-refractivity contribution is -0.118. The van der Waals surface area contributed by atoms with E-state index in [-0.39, 0.29) is 17.7 Å². The number of anilines is 2. The van der Waals surface area contributed by atoms with Crippen LogP contribution in [0.25, 0.3) is 11.4 Å². The second-order valence-electron chi connectivity index (χ2n) is 11.7. The minimum atomic E-state index is -1.13. The van der Waals surface area contributed by atoms with Crippen molar-refractivity contribution in [2.45, 2.75) is 84.6 Å².